The van der Waals surface area contributed by atoms with Crippen molar-refractivity contribution >= 4 is 21.6 Å². The van der Waals surface area contributed by atoms with Gasteiger partial charge in [0, 0.05) is 11.9 Å². The largest absolute Gasteiger partial charge is 0.215 e. The van der Waals surface area contributed by atoms with E-state index in [4.69, 9.17) is 11.6 Å². The maximum Gasteiger partial charge on any atom is 0.211 e. The van der Waals surface area contributed by atoms with Crippen molar-refractivity contribution in [2.24, 2.45) is 11.8 Å². The molecule has 1 aliphatic carbocycles. The van der Waals surface area contributed by atoms with Gasteiger partial charge in [-0.2, -0.15) is 0 Å². The standard InChI is InChI=1S/C12H24ClNO2S/c1-10(2)7-8-17(15,16)14-9-11-5-3-4-6-12(11)13/h10-12,14H,3-9H2,1-2H3. The van der Waals surface area contributed by atoms with E-state index in [1.54, 1.807) is 0 Å². The maximum atomic E-state index is 11.7. The number of alkyl halides is 1. The SMILES string of the molecule is CC(C)CCS(=O)(=O)NCC1CCCCC1Cl. The molecule has 0 aliphatic heterocycles. The summed E-state index contributed by atoms with van der Waals surface area (Å²) in [5, 5.41) is 0.136. The van der Waals surface area contributed by atoms with Gasteiger partial charge in [0.15, 0.2) is 0 Å². The van der Waals surface area contributed by atoms with Crippen molar-refractivity contribution < 1.29 is 8.42 Å². The third-order valence-corrected chi connectivity index (χ3v) is 5.30. The summed E-state index contributed by atoms with van der Waals surface area (Å²) in [6, 6.07) is 0. The molecule has 0 spiro atoms. The van der Waals surface area contributed by atoms with Crippen LogP contribution in [0.2, 0.25) is 0 Å². The Morgan fingerprint density at radius 1 is 1.29 bits per heavy atom. The molecule has 0 saturated heterocycles. The molecule has 0 aromatic heterocycles. The van der Waals surface area contributed by atoms with Crippen molar-refractivity contribution in [1.82, 2.24) is 4.72 Å². The van der Waals surface area contributed by atoms with Crippen LogP contribution in [-0.4, -0.2) is 26.1 Å². The molecule has 2 unspecified atom stereocenters. The molecule has 0 amide bonds. The summed E-state index contributed by atoms with van der Waals surface area (Å²) in [5.41, 5.74) is 0. The summed E-state index contributed by atoms with van der Waals surface area (Å²) in [6.07, 6.45) is 5.11. The van der Waals surface area contributed by atoms with E-state index in [-0.39, 0.29) is 11.1 Å². The summed E-state index contributed by atoms with van der Waals surface area (Å²) in [4.78, 5) is 0. The van der Waals surface area contributed by atoms with Crippen LogP contribution in [0.3, 0.4) is 0 Å². The number of sulfonamides is 1. The van der Waals surface area contributed by atoms with Crippen molar-refractivity contribution in [1.29, 1.82) is 0 Å². The molecule has 2 atom stereocenters. The van der Waals surface area contributed by atoms with Gasteiger partial charge in [0.05, 0.1) is 5.75 Å². The molecule has 0 radical (unpaired) electrons. The van der Waals surface area contributed by atoms with E-state index >= 15 is 0 Å². The van der Waals surface area contributed by atoms with Crippen molar-refractivity contribution in [3.8, 4) is 0 Å². The lowest BCUT2D eigenvalue weighted by Gasteiger charge is -2.27. The molecule has 1 aliphatic rings. The summed E-state index contributed by atoms with van der Waals surface area (Å²) >= 11 is 6.20. The van der Waals surface area contributed by atoms with Crippen molar-refractivity contribution in [2.45, 2.75) is 51.3 Å². The topological polar surface area (TPSA) is 46.2 Å². The smallest absolute Gasteiger partial charge is 0.211 e. The summed E-state index contributed by atoms with van der Waals surface area (Å²) in [7, 11) is -3.11. The third kappa shape index (κ3) is 6.07. The van der Waals surface area contributed by atoms with Crippen LogP contribution in [0, 0.1) is 11.8 Å². The molecule has 1 fully saturated rings. The summed E-state index contributed by atoms with van der Waals surface area (Å²) < 4.78 is 26.2. The number of nitrogens with one attached hydrogen (secondary N) is 1. The molecule has 5 heteroatoms. The highest BCUT2D eigenvalue weighted by atomic mass is 35.5. The summed E-state index contributed by atoms with van der Waals surface area (Å²) in [5.74, 6) is 0.950. The zero-order chi connectivity index (χ0) is 12.9. The molecule has 0 heterocycles. The maximum absolute atomic E-state index is 11.7. The Balaban J connectivity index is 2.33. The number of rotatable bonds is 6. The van der Waals surface area contributed by atoms with Gasteiger partial charge in [0.2, 0.25) is 10.0 Å². The first kappa shape index (κ1) is 15.3. The Labute approximate surface area is 110 Å². The van der Waals surface area contributed by atoms with Gasteiger partial charge in [-0.15, -0.1) is 11.6 Å². The van der Waals surface area contributed by atoms with Crippen LogP contribution in [0.4, 0.5) is 0 Å². The van der Waals surface area contributed by atoms with E-state index in [2.05, 4.69) is 4.72 Å². The molecule has 102 valence electrons. The average molecular weight is 282 g/mol. The van der Waals surface area contributed by atoms with E-state index in [0.717, 1.165) is 12.8 Å². The molecule has 0 bridgehead atoms. The molecule has 3 nitrogen and oxygen atoms in total. The van der Waals surface area contributed by atoms with E-state index in [9.17, 15) is 8.42 Å². The monoisotopic (exact) mass is 281 g/mol. The number of hydrogen-bond donors (Lipinski definition) is 1. The van der Waals surface area contributed by atoms with Crippen LogP contribution in [0.5, 0.6) is 0 Å². The first-order chi connectivity index (χ1) is 7.91. The van der Waals surface area contributed by atoms with Gasteiger partial charge in [-0.1, -0.05) is 26.7 Å². The van der Waals surface area contributed by atoms with E-state index in [1.807, 2.05) is 13.8 Å². The van der Waals surface area contributed by atoms with Crippen molar-refractivity contribution in [3.63, 3.8) is 0 Å². The van der Waals surface area contributed by atoms with Crippen LogP contribution in [0.15, 0.2) is 0 Å². The molecule has 17 heavy (non-hydrogen) atoms. The highest BCUT2D eigenvalue weighted by Gasteiger charge is 2.24. The second-order valence-corrected chi connectivity index (χ2v) is 7.90. The van der Waals surface area contributed by atoms with Crippen LogP contribution in [-0.2, 0) is 10.0 Å². The van der Waals surface area contributed by atoms with Gasteiger partial charge in [-0.3, -0.25) is 0 Å². The molecular formula is C12H24ClNO2S. The number of halogens is 1. The lowest BCUT2D eigenvalue weighted by atomic mass is 9.89. The van der Waals surface area contributed by atoms with Gasteiger partial charge in [0.1, 0.15) is 0 Å². The fraction of sp³-hybridized carbons (Fsp3) is 1.00. The average Bonchev–Trinajstić information content (AvgIpc) is 2.26. The summed E-state index contributed by atoms with van der Waals surface area (Å²) in [6.45, 7) is 4.57. The zero-order valence-electron chi connectivity index (χ0n) is 10.8. The van der Waals surface area contributed by atoms with E-state index in [1.165, 1.54) is 12.8 Å². The highest BCUT2D eigenvalue weighted by Crippen LogP contribution is 2.28. The fourth-order valence-electron chi connectivity index (χ4n) is 2.09. The first-order valence-electron chi connectivity index (χ1n) is 6.52. The van der Waals surface area contributed by atoms with Crippen molar-refractivity contribution in [2.75, 3.05) is 12.3 Å². The molecule has 1 N–H and O–H groups in total. The minimum atomic E-state index is -3.11. The lowest BCUT2D eigenvalue weighted by Crippen LogP contribution is -2.36. The zero-order valence-corrected chi connectivity index (χ0v) is 12.4. The molecule has 0 aromatic carbocycles. The number of hydrogen-bond acceptors (Lipinski definition) is 2. The van der Waals surface area contributed by atoms with Gasteiger partial charge in [-0.25, -0.2) is 13.1 Å². The minimum absolute atomic E-state index is 0.136. The fourth-order valence-corrected chi connectivity index (χ4v) is 3.85. The second-order valence-electron chi connectivity index (χ2n) is 5.41. The van der Waals surface area contributed by atoms with Crippen molar-refractivity contribution in [3.05, 3.63) is 0 Å². The molecular weight excluding hydrogens is 258 g/mol. The first-order valence-corrected chi connectivity index (χ1v) is 8.61. The normalized spacial score (nSPS) is 26.4. The van der Waals surface area contributed by atoms with Crippen LogP contribution >= 0.6 is 11.6 Å². The predicted molar refractivity (Wildman–Crippen MR) is 72.8 cm³/mol. The van der Waals surface area contributed by atoms with E-state index in [0.29, 0.717) is 24.8 Å². The lowest BCUT2D eigenvalue weighted by molar-refractivity contribution is 0.364. The Kier molecular flexibility index (Phi) is 6.24. The van der Waals surface area contributed by atoms with Crippen LogP contribution < -0.4 is 4.72 Å². The Bertz CT molecular complexity index is 316. The second kappa shape index (κ2) is 6.95. The Morgan fingerprint density at radius 2 is 1.94 bits per heavy atom. The quantitative estimate of drug-likeness (QED) is 0.761. The Hall–Kier alpha value is 0.200. The van der Waals surface area contributed by atoms with Crippen LogP contribution in [0.25, 0.3) is 0 Å². The minimum Gasteiger partial charge on any atom is -0.215 e. The van der Waals surface area contributed by atoms with Gasteiger partial charge >= 0.3 is 0 Å². The van der Waals surface area contributed by atoms with E-state index < -0.39 is 10.0 Å². The van der Waals surface area contributed by atoms with Gasteiger partial charge < -0.3 is 0 Å². The predicted octanol–water partition coefficient (Wildman–Crippen LogP) is 2.75. The van der Waals surface area contributed by atoms with Crippen LogP contribution in [0.1, 0.15) is 46.0 Å². The molecule has 1 rings (SSSR count). The highest BCUT2D eigenvalue weighted by molar-refractivity contribution is 7.89. The Morgan fingerprint density at radius 3 is 2.53 bits per heavy atom. The molecule has 1 saturated carbocycles. The van der Waals surface area contributed by atoms with Gasteiger partial charge in [0.25, 0.3) is 0 Å². The molecule has 0 aromatic rings. The third-order valence-electron chi connectivity index (χ3n) is 3.35. The van der Waals surface area contributed by atoms with Gasteiger partial charge in [-0.05, 0) is 31.1 Å².